The molecule has 1 heterocycles. The van der Waals surface area contributed by atoms with Gasteiger partial charge in [-0.15, -0.1) is 0 Å². The fraction of sp³-hybridized carbons (Fsp3) is 0.522. The van der Waals surface area contributed by atoms with Crippen LogP contribution in [0.1, 0.15) is 63.9 Å². The third-order valence-corrected chi connectivity index (χ3v) is 6.44. The summed E-state index contributed by atoms with van der Waals surface area (Å²) in [4.78, 5) is 6.67. The van der Waals surface area contributed by atoms with Crippen LogP contribution in [0.25, 0.3) is 0 Å². The summed E-state index contributed by atoms with van der Waals surface area (Å²) >= 11 is 1.24. The van der Waals surface area contributed by atoms with Crippen molar-refractivity contribution in [2.45, 2.75) is 66.8 Å². The van der Waals surface area contributed by atoms with E-state index in [2.05, 4.69) is 61.9 Å². The van der Waals surface area contributed by atoms with Crippen LogP contribution in [0.15, 0.2) is 17.1 Å². The van der Waals surface area contributed by atoms with Crippen molar-refractivity contribution in [2.24, 2.45) is 10.9 Å². The highest BCUT2D eigenvalue weighted by molar-refractivity contribution is 7.08. The molecule has 0 saturated carbocycles. The van der Waals surface area contributed by atoms with Gasteiger partial charge >= 0.3 is 0 Å². The smallest absolute Gasteiger partial charge is 0.218 e. The molecule has 0 aliphatic heterocycles. The first kappa shape index (κ1) is 22.9. The maximum absolute atomic E-state index is 9.76. The minimum Gasteiger partial charge on any atom is -0.443 e. The Bertz CT molecular complexity index is 935. The van der Waals surface area contributed by atoms with Crippen molar-refractivity contribution in [3.8, 4) is 16.9 Å². The zero-order valence-corrected chi connectivity index (χ0v) is 19.8. The number of nitrogens with zero attached hydrogens (tertiary/aromatic N) is 4. The molecule has 1 aromatic carbocycles. The number of rotatable bonds is 7. The first-order valence-electron chi connectivity index (χ1n) is 9.94. The average Bonchev–Trinajstić information content (AvgIpc) is 3.06. The number of ether oxygens (including phenoxy) is 1. The predicted molar refractivity (Wildman–Crippen MR) is 122 cm³/mol. The van der Waals surface area contributed by atoms with Gasteiger partial charge in [0.05, 0.1) is 17.7 Å². The quantitative estimate of drug-likeness (QED) is 0.392. The summed E-state index contributed by atoms with van der Waals surface area (Å²) in [6.45, 7) is 16.8. The number of aromatic nitrogens is 1. The summed E-state index contributed by atoms with van der Waals surface area (Å²) in [5.74, 6) is 1.09. The topological polar surface area (TPSA) is 61.5 Å². The minimum atomic E-state index is -0.199. The van der Waals surface area contributed by atoms with Crippen LogP contribution in [0.4, 0.5) is 5.69 Å². The molecule has 0 atom stereocenters. The van der Waals surface area contributed by atoms with Crippen LogP contribution in [0.3, 0.4) is 0 Å². The molecular weight excluding hydrogens is 380 g/mol. The normalized spacial score (nSPS) is 12.1. The molecule has 156 valence electrons. The molecule has 29 heavy (non-hydrogen) atoms. The Hall–Kier alpha value is -2.39. The SMILES string of the molecule is Cc1cc(Oc2snc(C(C)(C)C(C)C)c2C#N)c(C)cc1/N=C\N(C)C(C)C. The summed E-state index contributed by atoms with van der Waals surface area (Å²) in [5.41, 5.74) is 4.04. The lowest BCUT2D eigenvalue weighted by molar-refractivity contribution is 0.363. The first-order chi connectivity index (χ1) is 13.5. The lowest BCUT2D eigenvalue weighted by atomic mass is 9.77. The van der Waals surface area contributed by atoms with E-state index in [0.717, 1.165) is 28.3 Å². The predicted octanol–water partition coefficient (Wildman–Crippen LogP) is 6.36. The van der Waals surface area contributed by atoms with Gasteiger partial charge in [-0.3, -0.25) is 0 Å². The highest BCUT2D eigenvalue weighted by Gasteiger charge is 2.32. The van der Waals surface area contributed by atoms with Crippen LogP contribution in [0.2, 0.25) is 0 Å². The second kappa shape index (κ2) is 8.96. The van der Waals surface area contributed by atoms with Gasteiger partial charge in [-0.1, -0.05) is 27.7 Å². The van der Waals surface area contributed by atoms with Crippen LogP contribution in [0, 0.1) is 31.1 Å². The monoisotopic (exact) mass is 412 g/mol. The number of benzene rings is 1. The van der Waals surface area contributed by atoms with Gasteiger partial charge in [-0.2, -0.15) is 9.64 Å². The van der Waals surface area contributed by atoms with E-state index in [-0.39, 0.29) is 5.41 Å². The molecule has 1 aromatic heterocycles. The summed E-state index contributed by atoms with van der Waals surface area (Å²) in [6.07, 6.45) is 1.85. The van der Waals surface area contributed by atoms with E-state index in [0.29, 0.717) is 22.6 Å². The zero-order valence-electron chi connectivity index (χ0n) is 19.0. The summed E-state index contributed by atoms with van der Waals surface area (Å²) in [7, 11) is 2.01. The summed E-state index contributed by atoms with van der Waals surface area (Å²) < 4.78 is 10.7. The summed E-state index contributed by atoms with van der Waals surface area (Å²) in [5, 5.41) is 10.3. The number of hydrogen-bond donors (Lipinski definition) is 0. The van der Waals surface area contributed by atoms with Crippen LogP contribution in [0.5, 0.6) is 10.8 Å². The first-order valence-corrected chi connectivity index (χ1v) is 10.7. The Balaban J connectivity index is 2.36. The Morgan fingerprint density at radius 3 is 2.41 bits per heavy atom. The molecule has 0 amide bonds. The number of aryl methyl sites for hydroxylation is 2. The summed E-state index contributed by atoms with van der Waals surface area (Å²) in [6, 6.07) is 6.69. The van der Waals surface area contributed by atoms with E-state index >= 15 is 0 Å². The fourth-order valence-corrected chi connectivity index (χ4v) is 3.43. The third kappa shape index (κ3) is 4.97. The van der Waals surface area contributed by atoms with E-state index in [1.165, 1.54) is 11.5 Å². The second-order valence-electron chi connectivity index (χ2n) is 8.69. The lowest BCUT2D eigenvalue weighted by Crippen LogP contribution is -2.25. The van der Waals surface area contributed by atoms with Crippen molar-refractivity contribution < 1.29 is 4.74 Å². The van der Waals surface area contributed by atoms with E-state index in [9.17, 15) is 5.26 Å². The molecule has 0 fully saturated rings. The van der Waals surface area contributed by atoms with Crippen molar-refractivity contribution in [3.05, 3.63) is 34.5 Å². The highest BCUT2D eigenvalue weighted by atomic mass is 32.1. The van der Waals surface area contributed by atoms with Gasteiger partial charge < -0.3 is 9.64 Å². The van der Waals surface area contributed by atoms with Crippen molar-refractivity contribution in [2.75, 3.05) is 7.05 Å². The molecule has 0 aliphatic rings. The van der Waals surface area contributed by atoms with E-state index < -0.39 is 0 Å². The van der Waals surface area contributed by atoms with Gasteiger partial charge in [0.25, 0.3) is 0 Å². The molecule has 0 aliphatic carbocycles. The molecule has 0 saturated heterocycles. The molecule has 2 rings (SSSR count). The molecule has 6 heteroatoms. The van der Waals surface area contributed by atoms with Gasteiger partial charge in [-0.25, -0.2) is 4.99 Å². The van der Waals surface area contributed by atoms with Gasteiger partial charge in [0, 0.05) is 30.0 Å². The number of hydrogen-bond acceptors (Lipinski definition) is 5. The van der Waals surface area contributed by atoms with E-state index in [1.807, 2.05) is 39.4 Å². The zero-order chi connectivity index (χ0) is 21.9. The van der Waals surface area contributed by atoms with Crippen molar-refractivity contribution in [1.29, 1.82) is 5.26 Å². The molecule has 0 bridgehead atoms. The van der Waals surface area contributed by atoms with Crippen molar-refractivity contribution in [1.82, 2.24) is 9.27 Å². The lowest BCUT2D eigenvalue weighted by Gasteiger charge is -2.27. The van der Waals surface area contributed by atoms with Crippen LogP contribution >= 0.6 is 11.5 Å². The van der Waals surface area contributed by atoms with Crippen molar-refractivity contribution >= 4 is 23.6 Å². The third-order valence-electron chi connectivity index (χ3n) is 5.72. The number of aliphatic imine (C=N–C) groups is 1. The van der Waals surface area contributed by atoms with Crippen molar-refractivity contribution in [3.63, 3.8) is 0 Å². The van der Waals surface area contributed by atoms with Gasteiger partial charge in [0.15, 0.2) is 0 Å². The molecule has 0 N–H and O–H groups in total. The van der Waals surface area contributed by atoms with E-state index in [4.69, 9.17) is 4.74 Å². The number of nitriles is 1. The Morgan fingerprint density at radius 2 is 1.86 bits per heavy atom. The van der Waals surface area contributed by atoms with Crippen LogP contribution in [-0.4, -0.2) is 28.7 Å². The fourth-order valence-electron chi connectivity index (χ4n) is 2.57. The molecule has 5 nitrogen and oxygen atoms in total. The second-order valence-corrected chi connectivity index (χ2v) is 9.43. The average molecular weight is 413 g/mol. The molecule has 2 aromatic rings. The Morgan fingerprint density at radius 1 is 1.21 bits per heavy atom. The molecule has 0 unspecified atom stereocenters. The molecule has 0 radical (unpaired) electrons. The minimum absolute atomic E-state index is 0.199. The Labute approximate surface area is 179 Å². The van der Waals surface area contributed by atoms with Gasteiger partial charge in [0.1, 0.15) is 17.4 Å². The van der Waals surface area contributed by atoms with Crippen LogP contribution in [-0.2, 0) is 5.41 Å². The standard InChI is InChI=1S/C23H32N4OS/c1-14(2)23(7,8)21-18(12-24)22(29-26-21)28-20-11-16(5)19(10-17(20)6)25-13-27(9)15(3)4/h10-11,13-15H,1-9H3/b25-13-. The van der Waals surface area contributed by atoms with E-state index in [1.54, 1.807) is 0 Å². The Kier molecular flexibility index (Phi) is 7.07. The van der Waals surface area contributed by atoms with Gasteiger partial charge in [-0.05, 0) is 56.9 Å². The molecular formula is C23H32N4OS. The maximum Gasteiger partial charge on any atom is 0.218 e. The van der Waals surface area contributed by atoms with Crippen LogP contribution < -0.4 is 4.74 Å². The maximum atomic E-state index is 9.76. The largest absolute Gasteiger partial charge is 0.443 e. The highest BCUT2D eigenvalue weighted by Crippen LogP contribution is 2.41. The van der Waals surface area contributed by atoms with Gasteiger partial charge in [0.2, 0.25) is 5.06 Å². The molecule has 0 spiro atoms.